The number of furan rings is 1. The summed E-state index contributed by atoms with van der Waals surface area (Å²) in [5.74, 6) is 2.60. The van der Waals surface area contributed by atoms with Crippen LogP contribution < -0.4 is 15.4 Å². The summed E-state index contributed by atoms with van der Waals surface area (Å²) in [4.78, 5) is 4.24. The quantitative estimate of drug-likeness (QED) is 0.220. The van der Waals surface area contributed by atoms with E-state index in [2.05, 4.69) is 21.7 Å². The van der Waals surface area contributed by atoms with E-state index < -0.39 is 0 Å². The number of hydrogen-bond donors (Lipinski definition) is 2. The van der Waals surface area contributed by atoms with E-state index in [1.165, 1.54) is 5.56 Å². The van der Waals surface area contributed by atoms with Crippen molar-refractivity contribution in [1.29, 1.82) is 0 Å². The molecule has 1 heterocycles. The Hall–Kier alpha value is -1.74. The number of nitrogens with one attached hydrogen (secondary N) is 2. The van der Waals surface area contributed by atoms with E-state index in [0.717, 1.165) is 43.4 Å². The first-order valence-electron chi connectivity index (χ1n) is 9.08. The van der Waals surface area contributed by atoms with Gasteiger partial charge in [-0.25, -0.2) is 0 Å². The van der Waals surface area contributed by atoms with Crippen molar-refractivity contribution in [3.63, 3.8) is 0 Å². The van der Waals surface area contributed by atoms with Crippen LogP contribution in [0.2, 0.25) is 0 Å². The highest BCUT2D eigenvalue weighted by Crippen LogP contribution is 2.17. The molecule has 0 fully saturated rings. The van der Waals surface area contributed by atoms with E-state index in [-0.39, 0.29) is 24.0 Å². The van der Waals surface area contributed by atoms with Crippen LogP contribution in [-0.2, 0) is 17.8 Å². The average molecular weight is 487 g/mol. The summed E-state index contributed by atoms with van der Waals surface area (Å²) in [7, 11) is 1.77. The Labute approximate surface area is 178 Å². The summed E-state index contributed by atoms with van der Waals surface area (Å²) < 4.78 is 16.4. The van der Waals surface area contributed by atoms with Gasteiger partial charge in [-0.2, -0.15) is 0 Å². The minimum Gasteiger partial charge on any atom is -0.494 e. The fourth-order valence-electron chi connectivity index (χ4n) is 2.49. The lowest BCUT2D eigenvalue weighted by molar-refractivity contribution is 0.105. The van der Waals surface area contributed by atoms with Crippen LogP contribution in [0.4, 0.5) is 0 Å². The van der Waals surface area contributed by atoms with Gasteiger partial charge in [0.15, 0.2) is 5.96 Å². The summed E-state index contributed by atoms with van der Waals surface area (Å²) in [6.07, 6.45) is 3.43. The molecule has 0 saturated carbocycles. The third-order valence-electron chi connectivity index (χ3n) is 3.77. The Balaban J connectivity index is 0.00000364. The molecule has 0 spiro atoms. The van der Waals surface area contributed by atoms with Crippen molar-refractivity contribution >= 4 is 29.9 Å². The number of rotatable bonds is 11. The molecule has 2 aromatic rings. The van der Waals surface area contributed by atoms with Crippen LogP contribution in [0.25, 0.3) is 0 Å². The van der Waals surface area contributed by atoms with Gasteiger partial charge in [0, 0.05) is 26.7 Å². The average Bonchev–Trinajstić information content (AvgIpc) is 3.18. The van der Waals surface area contributed by atoms with Crippen LogP contribution in [0.15, 0.2) is 52.1 Å². The fraction of sp³-hybridized carbons (Fsp3) is 0.450. The molecule has 0 atom stereocenters. The van der Waals surface area contributed by atoms with Crippen molar-refractivity contribution in [1.82, 2.24) is 10.6 Å². The molecule has 0 saturated heterocycles. The molecule has 7 heteroatoms. The van der Waals surface area contributed by atoms with Crippen LogP contribution in [0.1, 0.15) is 24.7 Å². The molecule has 0 amide bonds. The van der Waals surface area contributed by atoms with Crippen LogP contribution >= 0.6 is 24.0 Å². The Bertz CT molecular complexity index is 648. The summed E-state index contributed by atoms with van der Waals surface area (Å²) in [5, 5.41) is 6.62. The number of nitrogens with zero attached hydrogens (tertiary/aromatic N) is 1. The van der Waals surface area contributed by atoms with Gasteiger partial charge in [-0.15, -0.1) is 24.0 Å². The Morgan fingerprint density at radius 3 is 2.67 bits per heavy atom. The van der Waals surface area contributed by atoms with E-state index in [1.54, 1.807) is 13.3 Å². The normalized spacial score (nSPS) is 11.0. The number of aliphatic imine (C=N–C) groups is 1. The number of hydrogen-bond acceptors (Lipinski definition) is 4. The molecule has 0 bridgehead atoms. The van der Waals surface area contributed by atoms with Gasteiger partial charge in [-0.05, 0) is 43.5 Å². The van der Waals surface area contributed by atoms with Crippen molar-refractivity contribution < 1.29 is 13.9 Å². The highest BCUT2D eigenvalue weighted by atomic mass is 127. The first kappa shape index (κ1) is 23.3. The van der Waals surface area contributed by atoms with Gasteiger partial charge >= 0.3 is 0 Å². The second-order valence-electron chi connectivity index (χ2n) is 5.70. The van der Waals surface area contributed by atoms with Crippen LogP contribution in [-0.4, -0.2) is 39.3 Å². The Morgan fingerprint density at radius 2 is 1.93 bits per heavy atom. The molecule has 1 aromatic heterocycles. The van der Waals surface area contributed by atoms with Gasteiger partial charge in [0.2, 0.25) is 0 Å². The maximum Gasteiger partial charge on any atom is 0.190 e. The Morgan fingerprint density at radius 1 is 1.11 bits per heavy atom. The first-order chi connectivity index (χ1) is 12.8. The van der Waals surface area contributed by atoms with Gasteiger partial charge in [0.05, 0.1) is 12.9 Å². The topological polar surface area (TPSA) is 68.0 Å². The molecule has 27 heavy (non-hydrogen) atoms. The summed E-state index contributed by atoms with van der Waals surface area (Å²) in [6, 6.07) is 11.9. The molecule has 2 N–H and O–H groups in total. The van der Waals surface area contributed by atoms with E-state index in [0.29, 0.717) is 19.8 Å². The van der Waals surface area contributed by atoms with Gasteiger partial charge in [0.25, 0.3) is 0 Å². The first-order valence-corrected chi connectivity index (χ1v) is 9.08. The smallest absolute Gasteiger partial charge is 0.190 e. The predicted octanol–water partition coefficient (Wildman–Crippen LogP) is 3.61. The van der Waals surface area contributed by atoms with E-state index in [1.807, 2.05) is 37.3 Å². The zero-order valence-electron chi connectivity index (χ0n) is 16.1. The number of halogens is 1. The lowest BCUT2D eigenvalue weighted by Gasteiger charge is -2.13. The monoisotopic (exact) mass is 487 g/mol. The largest absolute Gasteiger partial charge is 0.494 e. The molecule has 150 valence electrons. The van der Waals surface area contributed by atoms with Gasteiger partial charge in [-0.1, -0.05) is 18.2 Å². The molecule has 6 nitrogen and oxygen atoms in total. The Kier molecular flexibility index (Phi) is 12.4. The molecule has 0 radical (unpaired) electrons. The molecule has 0 unspecified atom stereocenters. The van der Waals surface area contributed by atoms with Crippen LogP contribution in [0, 0.1) is 0 Å². The van der Waals surface area contributed by atoms with E-state index in [4.69, 9.17) is 13.9 Å². The third kappa shape index (κ3) is 9.14. The lowest BCUT2D eigenvalue weighted by Crippen LogP contribution is -2.39. The number of benzene rings is 1. The van der Waals surface area contributed by atoms with Crippen molar-refractivity contribution in [3.8, 4) is 5.75 Å². The summed E-state index contributed by atoms with van der Waals surface area (Å²) >= 11 is 0. The maximum atomic E-state index is 5.66. The highest BCUT2D eigenvalue weighted by Gasteiger charge is 2.03. The van der Waals surface area contributed by atoms with Gasteiger partial charge < -0.3 is 24.5 Å². The zero-order chi connectivity index (χ0) is 18.5. The maximum absolute atomic E-state index is 5.66. The van der Waals surface area contributed by atoms with Crippen molar-refractivity contribution in [2.45, 2.75) is 26.4 Å². The number of ether oxygens (including phenoxy) is 2. The zero-order valence-corrected chi connectivity index (χ0v) is 18.4. The third-order valence-corrected chi connectivity index (χ3v) is 3.77. The number of para-hydroxylation sites is 1. The van der Waals surface area contributed by atoms with Crippen molar-refractivity contribution in [3.05, 3.63) is 54.0 Å². The van der Waals surface area contributed by atoms with Crippen molar-refractivity contribution in [2.24, 2.45) is 4.99 Å². The van der Waals surface area contributed by atoms with E-state index in [9.17, 15) is 0 Å². The molecule has 1 aromatic carbocycles. The lowest BCUT2D eigenvalue weighted by atomic mass is 10.1. The molecule has 0 aliphatic rings. The molecular weight excluding hydrogens is 457 g/mol. The van der Waals surface area contributed by atoms with Gasteiger partial charge in [0.1, 0.15) is 18.1 Å². The fourth-order valence-corrected chi connectivity index (χ4v) is 2.49. The number of guanidine groups is 1. The summed E-state index contributed by atoms with van der Waals surface area (Å²) in [6.45, 7) is 5.45. The minimum atomic E-state index is 0. The van der Waals surface area contributed by atoms with Gasteiger partial charge in [-0.3, -0.25) is 4.99 Å². The molecule has 2 rings (SSSR count). The SMILES string of the molecule is CCOc1ccccc1CCNC(=NC)NCCCOCc1ccco1.I. The second kappa shape index (κ2) is 14.3. The molecular formula is C20H30IN3O3. The van der Waals surface area contributed by atoms with Crippen LogP contribution in [0.5, 0.6) is 5.75 Å². The standard InChI is InChI=1S/C20H29N3O3.HI/c1-3-25-19-10-5-4-8-17(19)11-13-23-20(21-2)22-12-7-14-24-16-18-9-6-15-26-18;/h4-6,8-10,15H,3,7,11-14,16H2,1-2H3,(H2,21,22,23);1H. The summed E-state index contributed by atoms with van der Waals surface area (Å²) in [5.41, 5.74) is 1.20. The minimum absolute atomic E-state index is 0. The van der Waals surface area contributed by atoms with E-state index >= 15 is 0 Å². The van der Waals surface area contributed by atoms with Crippen molar-refractivity contribution in [2.75, 3.05) is 33.4 Å². The predicted molar refractivity (Wildman–Crippen MR) is 119 cm³/mol. The second-order valence-corrected chi connectivity index (χ2v) is 5.70. The van der Waals surface area contributed by atoms with Crippen LogP contribution in [0.3, 0.4) is 0 Å². The molecule has 0 aliphatic carbocycles. The highest BCUT2D eigenvalue weighted by molar-refractivity contribution is 14.0. The molecule has 0 aliphatic heterocycles.